The molecule has 0 amide bonds. The van der Waals surface area contributed by atoms with Crippen molar-refractivity contribution < 1.29 is 31.3 Å². The van der Waals surface area contributed by atoms with Gasteiger partial charge in [-0.2, -0.15) is 0 Å². The molecule has 4 rings (SSSR count). The Hall–Kier alpha value is -2.33. The number of rotatable bonds is 0. The van der Waals surface area contributed by atoms with Crippen molar-refractivity contribution in [1.29, 1.82) is 0 Å². The molecular weight excluding hydrogens is 328 g/mol. The molecule has 0 heterocycles. The van der Waals surface area contributed by atoms with Gasteiger partial charge in [-0.05, 0) is 32.3 Å². The van der Waals surface area contributed by atoms with Gasteiger partial charge in [0.1, 0.15) is 0 Å². The molecule has 110 valence electrons. The van der Waals surface area contributed by atoms with E-state index in [2.05, 4.69) is 80.6 Å². The Morgan fingerprint density at radius 1 is 0.435 bits per heavy atom. The summed E-state index contributed by atoms with van der Waals surface area (Å²) in [5.41, 5.74) is 0. The van der Waals surface area contributed by atoms with Crippen LogP contribution in [0.1, 0.15) is 0 Å². The van der Waals surface area contributed by atoms with E-state index in [0.29, 0.717) is 0 Å². The zero-order valence-corrected chi connectivity index (χ0v) is 13.2. The van der Waals surface area contributed by atoms with Crippen LogP contribution in [-0.2, 0) is 31.3 Å². The first-order valence-corrected chi connectivity index (χ1v) is 6.17. The molecule has 0 atom stereocenters. The van der Waals surface area contributed by atoms with Gasteiger partial charge in [0.05, 0.1) is 0 Å². The van der Waals surface area contributed by atoms with Crippen LogP contribution in [0.15, 0.2) is 60.7 Å². The van der Waals surface area contributed by atoms with Gasteiger partial charge in [-0.25, -0.2) is 0 Å². The second-order valence-corrected chi connectivity index (χ2v) is 4.29. The first-order chi connectivity index (χ1) is 10.9. The van der Waals surface area contributed by atoms with Crippen LogP contribution in [0, 0.1) is 20.0 Å². The molecule has 23 heavy (non-hydrogen) atoms. The van der Waals surface area contributed by atoms with E-state index in [1.54, 1.807) is 0 Å². The van der Waals surface area contributed by atoms with E-state index < -0.39 is 0 Å². The predicted molar refractivity (Wildman–Crippen MR) is 81.9 cm³/mol. The molecule has 0 unspecified atom stereocenters. The van der Waals surface area contributed by atoms with Gasteiger partial charge in [-0.15, -0.1) is 0 Å². The molecule has 4 heteroatoms. The van der Waals surface area contributed by atoms with Crippen LogP contribution in [0.25, 0.3) is 32.3 Å². The van der Waals surface area contributed by atoms with Crippen molar-refractivity contribution in [1.82, 2.24) is 0 Å². The van der Waals surface area contributed by atoms with Crippen molar-refractivity contribution in [3.63, 3.8) is 0 Å². The van der Waals surface area contributed by atoms with E-state index in [9.17, 15) is 0 Å². The first kappa shape index (κ1) is 20.7. The van der Waals surface area contributed by atoms with E-state index in [4.69, 9.17) is 14.0 Å². The Morgan fingerprint density at radius 3 is 0.870 bits per heavy atom. The van der Waals surface area contributed by atoms with Crippen molar-refractivity contribution in [2.75, 3.05) is 0 Å². The Morgan fingerprint density at radius 2 is 0.652 bits per heavy atom. The second kappa shape index (κ2) is 10.4. The van der Waals surface area contributed by atoms with Gasteiger partial charge in [0.2, 0.25) is 0 Å². The molecule has 0 aliphatic rings. The molecule has 0 aromatic heterocycles. The molecule has 4 aromatic carbocycles. The zero-order chi connectivity index (χ0) is 16.5. The van der Waals surface area contributed by atoms with E-state index in [-0.39, 0.29) is 17.4 Å². The second-order valence-electron chi connectivity index (χ2n) is 4.29. The minimum atomic E-state index is 0. The summed E-state index contributed by atoms with van der Waals surface area (Å²) in [6.45, 7) is 13.5. The smallest absolute Gasteiger partial charge is 0 e. The minimum Gasteiger partial charge on any atom is -0.0610 e. The summed E-state index contributed by atoms with van der Waals surface area (Å²) < 4.78 is 22.5. The third-order valence-corrected chi connectivity index (χ3v) is 3.39. The number of hydrogen-bond donors (Lipinski definition) is 0. The zero-order valence-electron chi connectivity index (χ0n) is 11.9. The number of hydrogen-bond acceptors (Lipinski definition) is 0. The molecule has 0 N–H and O–H groups in total. The molecule has 0 fully saturated rings. The van der Waals surface area contributed by atoms with Crippen LogP contribution in [0.3, 0.4) is 0 Å². The summed E-state index contributed by atoms with van der Waals surface area (Å²) >= 11 is 0. The van der Waals surface area contributed by atoms with Crippen molar-refractivity contribution in [2.24, 2.45) is 0 Å². The minimum absolute atomic E-state index is 0. The molecule has 0 radical (unpaired) electrons. The predicted octanol–water partition coefficient (Wildman–Crippen LogP) is 4.47. The van der Waals surface area contributed by atoms with E-state index in [1.165, 1.54) is 32.3 Å². The van der Waals surface area contributed by atoms with Crippen LogP contribution in [0.4, 0.5) is 0 Å². The summed E-state index contributed by atoms with van der Waals surface area (Å²) in [5, 5.41) is 8.14. The quantitative estimate of drug-likeness (QED) is 0.258. The van der Waals surface area contributed by atoms with E-state index in [0.717, 1.165) is 0 Å². The Bertz CT molecular complexity index is 795. The van der Waals surface area contributed by atoms with Gasteiger partial charge < -0.3 is 0 Å². The van der Waals surface area contributed by atoms with Gasteiger partial charge in [-0.1, -0.05) is 60.7 Å². The van der Waals surface area contributed by atoms with Crippen LogP contribution >= 0.6 is 0 Å². The van der Waals surface area contributed by atoms with Crippen LogP contribution < -0.4 is 0 Å². The topological polar surface area (TPSA) is 59.7 Å². The van der Waals surface area contributed by atoms with Gasteiger partial charge in [0.25, 0.3) is 0 Å². The summed E-state index contributed by atoms with van der Waals surface area (Å²) in [5.74, 6) is 0. The molecule has 0 saturated carbocycles. The summed E-state index contributed by atoms with van der Waals surface area (Å²) in [4.78, 5) is 0. The van der Waals surface area contributed by atoms with Gasteiger partial charge in [0, 0.05) is 17.4 Å². The Balaban J connectivity index is 0.000000629. The van der Waals surface area contributed by atoms with E-state index >= 15 is 0 Å². The molecular formula is C19H10CrO3. The Kier molecular flexibility index (Phi) is 9.35. The fraction of sp³-hybridized carbons (Fsp3) is 0. The maximum absolute atomic E-state index is 7.50. The normalized spacial score (nSPS) is 8.43. The SMILES string of the molecule is [C-]#[O+].[C-]#[O+].[C-]#[O+].[Cr].c1cc2ccc3cccc4ccc(c1)c2c34. The number of benzene rings is 4. The van der Waals surface area contributed by atoms with Gasteiger partial charge in [0.15, 0.2) is 0 Å². The van der Waals surface area contributed by atoms with Crippen molar-refractivity contribution in [2.45, 2.75) is 0 Å². The molecule has 0 aliphatic carbocycles. The summed E-state index contributed by atoms with van der Waals surface area (Å²) in [7, 11) is 0. The van der Waals surface area contributed by atoms with Gasteiger partial charge >= 0.3 is 33.9 Å². The summed E-state index contributed by atoms with van der Waals surface area (Å²) in [6.07, 6.45) is 0. The van der Waals surface area contributed by atoms with Crippen LogP contribution in [0.2, 0.25) is 0 Å². The maximum Gasteiger partial charge on any atom is 0 e. The van der Waals surface area contributed by atoms with Crippen LogP contribution in [-0.4, -0.2) is 0 Å². The monoisotopic (exact) mass is 338 g/mol. The van der Waals surface area contributed by atoms with Crippen molar-refractivity contribution in [3.8, 4) is 0 Å². The maximum atomic E-state index is 7.50. The molecule has 0 aliphatic heterocycles. The van der Waals surface area contributed by atoms with Gasteiger partial charge in [-0.3, -0.25) is 0 Å². The fourth-order valence-electron chi connectivity index (χ4n) is 2.67. The Labute approximate surface area is 144 Å². The molecule has 0 bridgehead atoms. The van der Waals surface area contributed by atoms with E-state index in [1.807, 2.05) is 0 Å². The molecule has 0 saturated heterocycles. The molecule has 4 aromatic rings. The standard InChI is InChI=1S/C16H10.3CO.Cr/c1-3-11-7-9-13-5-2-6-14-10-8-12(4-1)15(11)16(13)14;3*1-2;/h1-10H;;;;. The third kappa shape index (κ3) is 3.90. The largest absolute Gasteiger partial charge is 0.0610 e. The molecule has 3 nitrogen and oxygen atoms in total. The fourth-order valence-corrected chi connectivity index (χ4v) is 2.67. The average molecular weight is 338 g/mol. The van der Waals surface area contributed by atoms with Crippen molar-refractivity contribution >= 4 is 32.3 Å². The molecule has 0 spiro atoms. The summed E-state index contributed by atoms with van der Waals surface area (Å²) in [6, 6.07) is 21.9. The van der Waals surface area contributed by atoms with Crippen LogP contribution in [0.5, 0.6) is 0 Å². The first-order valence-electron chi connectivity index (χ1n) is 6.17. The average Bonchev–Trinajstić information content (AvgIpc) is 2.65. The third-order valence-electron chi connectivity index (χ3n) is 3.39. The van der Waals surface area contributed by atoms with Crippen molar-refractivity contribution in [3.05, 3.63) is 80.6 Å².